The smallest absolute Gasteiger partial charge is 0.142 e. The summed E-state index contributed by atoms with van der Waals surface area (Å²) < 4.78 is 1.22. The van der Waals surface area contributed by atoms with Gasteiger partial charge < -0.3 is 9.69 Å². The highest BCUT2D eigenvalue weighted by Gasteiger charge is 2.36. The molecule has 1 aromatic carbocycles. The van der Waals surface area contributed by atoms with Crippen molar-refractivity contribution in [2.75, 3.05) is 11.4 Å². The molecule has 1 aliphatic rings. The Morgan fingerprint density at radius 2 is 2.19 bits per heavy atom. The molecule has 2 nitrogen and oxygen atoms in total. The van der Waals surface area contributed by atoms with Crippen LogP contribution in [0.5, 0.6) is 0 Å². The number of halogens is 1. The second-order valence-corrected chi connectivity index (χ2v) is 6.30. The van der Waals surface area contributed by atoms with Crippen molar-refractivity contribution in [3.63, 3.8) is 0 Å². The summed E-state index contributed by atoms with van der Waals surface area (Å²) >= 11 is 2.32. The molecule has 1 atom stereocenters. The van der Waals surface area contributed by atoms with Crippen LogP contribution in [0.4, 0.5) is 5.69 Å². The van der Waals surface area contributed by atoms with Crippen molar-refractivity contribution in [2.24, 2.45) is 0 Å². The van der Waals surface area contributed by atoms with E-state index in [4.69, 9.17) is 0 Å². The van der Waals surface area contributed by atoms with Crippen LogP contribution in [0.3, 0.4) is 0 Å². The van der Waals surface area contributed by atoms with Gasteiger partial charge in [-0.05, 0) is 47.2 Å². The van der Waals surface area contributed by atoms with Gasteiger partial charge in [-0.2, -0.15) is 0 Å². The second-order valence-electron chi connectivity index (χ2n) is 5.05. The third kappa shape index (κ3) is 1.85. The van der Waals surface area contributed by atoms with Gasteiger partial charge in [-0.25, -0.2) is 0 Å². The normalized spacial score (nSPS) is 19.4. The van der Waals surface area contributed by atoms with Crippen LogP contribution in [0.1, 0.15) is 26.3 Å². The van der Waals surface area contributed by atoms with E-state index in [1.165, 1.54) is 14.8 Å². The molecule has 1 aromatic rings. The number of fused-ring (bicyclic) bond motifs is 1. The zero-order valence-electron chi connectivity index (χ0n) is 9.83. The monoisotopic (exact) mass is 329 g/mol. The Balaban J connectivity index is 2.51. The molecule has 0 saturated carbocycles. The maximum absolute atomic E-state index is 11.0. The van der Waals surface area contributed by atoms with Crippen molar-refractivity contribution in [3.8, 4) is 0 Å². The molecule has 0 N–H and O–H groups in total. The summed E-state index contributed by atoms with van der Waals surface area (Å²) in [5.41, 5.74) is 2.70. The standard InChI is InChI=1S/C13H16INO/c1-9(7-16)15-8-13(2,3)11-5-4-10(14)6-12(11)15/h4-7,9H,8H2,1-3H3. The van der Waals surface area contributed by atoms with E-state index < -0.39 is 0 Å². The van der Waals surface area contributed by atoms with Gasteiger partial charge in [-0.3, -0.25) is 0 Å². The third-order valence-electron chi connectivity index (χ3n) is 3.25. The van der Waals surface area contributed by atoms with Crippen molar-refractivity contribution in [1.29, 1.82) is 0 Å². The van der Waals surface area contributed by atoms with Crippen LogP contribution in [-0.4, -0.2) is 18.9 Å². The van der Waals surface area contributed by atoms with E-state index in [0.29, 0.717) is 0 Å². The number of rotatable bonds is 2. The van der Waals surface area contributed by atoms with Crippen LogP contribution >= 0.6 is 22.6 Å². The number of nitrogens with zero attached hydrogens (tertiary/aromatic N) is 1. The molecule has 1 heterocycles. The fourth-order valence-corrected chi connectivity index (χ4v) is 2.82. The highest BCUT2D eigenvalue weighted by Crippen LogP contribution is 2.41. The molecule has 0 aromatic heterocycles. The van der Waals surface area contributed by atoms with Crippen LogP contribution in [0, 0.1) is 3.57 Å². The minimum absolute atomic E-state index is 0.0428. The fraction of sp³-hybridized carbons (Fsp3) is 0.462. The van der Waals surface area contributed by atoms with Gasteiger partial charge in [0, 0.05) is 21.2 Å². The van der Waals surface area contributed by atoms with Crippen LogP contribution in [0.2, 0.25) is 0 Å². The lowest BCUT2D eigenvalue weighted by molar-refractivity contribution is -0.108. The van der Waals surface area contributed by atoms with Crippen molar-refractivity contribution in [2.45, 2.75) is 32.2 Å². The van der Waals surface area contributed by atoms with Gasteiger partial charge in [0.15, 0.2) is 0 Å². The lowest BCUT2D eigenvalue weighted by atomic mass is 9.87. The molecule has 0 aliphatic carbocycles. The van der Waals surface area contributed by atoms with Crippen LogP contribution in [-0.2, 0) is 10.2 Å². The van der Waals surface area contributed by atoms with Crippen LogP contribution in [0.15, 0.2) is 18.2 Å². The molecule has 0 fully saturated rings. The fourth-order valence-electron chi connectivity index (χ4n) is 2.35. The summed E-state index contributed by atoms with van der Waals surface area (Å²) in [5, 5.41) is 0. The molecule has 0 amide bonds. The minimum Gasteiger partial charge on any atom is -0.361 e. The first-order valence-corrected chi connectivity index (χ1v) is 6.55. The summed E-state index contributed by atoms with van der Waals surface area (Å²) in [6.07, 6.45) is 1.02. The lowest BCUT2D eigenvalue weighted by Crippen LogP contribution is -2.36. The average Bonchev–Trinajstić information content (AvgIpc) is 2.49. The molecule has 16 heavy (non-hydrogen) atoms. The van der Waals surface area contributed by atoms with E-state index in [1.807, 2.05) is 6.92 Å². The highest BCUT2D eigenvalue weighted by molar-refractivity contribution is 14.1. The molecule has 0 radical (unpaired) electrons. The van der Waals surface area contributed by atoms with Gasteiger partial charge in [-0.1, -0.05) is 19.9 Å². The quantitative estimate of drug-likeness (QED) is 0.614. The molecule has 86 valence electrons. The molecule has 0 bridgehead atoms. The summed E-state index contributed by atoms with van der Waals surface area (Å²) in [4.78, 5) is 13.2. The maximum atomic E-state index is 11.0. The van der Waals surface area contributed by atoms with Gasteiger partial charge in [0.25, 0.3) is 0 Å². The Bertz CT molecular complexity index is 428. The number of carbonyl (C=O) groups excluding carboxylic acids is 1. The van der Waals surface area contributed by atoms with Crippen molar-refractivity contribution in [1.82, 2.24) is 0 Å². The van der Waals surface area contributed by atoms with E-state index in [9.17, 15) is 4.79 Å². The Morgan fingerprint density at radius 3 is 2.81 bits per heavy atom. The van der Waals surface area contributed by atoms with Crippen molar-refractivity contribution < 1.29 is 4.79 Å². The van der Waals surface area contributed by atoms with Crippen LogP contribution in [0.25, 0.3) is 0 Å². The van der Waals surface area contributed by atoms with Crippen molar-refractivity contribution in [3.05, 3.63) is 27.3 Å². The van der Waals surface area contributed by atoms with Crippen LogP contribution < -0.4 is 4.90 Å². The second kappa shape index (κ2) is 4.02. The Hall–Kier alpha value is -0.580. The number of benzene rings is 1. The molecule has 0 saturated heterocycles. The predicted molar refractivity (Wildman–Crippen MR) is 75.1 cm³/mol. The van der Waals surface area contributed by atoms with Gasteiger partial charge in [-0.15, -0.1) is 0 Å². The summed E-state index contributed by atoms with van der Waals surface area (Å²) in [6, 6.07) is 6.45. The largest absolute Gasteiger partial charge is 0.361 e. The first-order valence-electron chi connectivity index (χ1n) is 5.47. The first kappa shape index (κ1) is 11.9. The van der Waals surface area contributed by atoms with Crippen molar-refractivity contribution >= 4 is 34.6 Å². The predicted octanol–water partition coefficient (Wildman–Crippen LogP) is 2.98. The number of anilines is 1. The van der Waals surface area contributed by atoms with Gasteiger partial charge >= 0.3 is 0 Å². The minimum atomic E-state index is -0.0428. The Morgan fingerprint density at radius 1 is 1.50 bits per heavy atom. The van der Waals surface area contributed by atoms with Gasteiger partial charge in [0.2, 0.25) is 0 Å². The van der Waals surface area contributed by atoms with Gasteiger partial charge in [0.1, 0.15) is 6.29 Å². The molecular formula is C13H16INO. The first-order chi connectivity index (χ1) is 7.45. The zero-order valence-corrected chi connectivity index (χ0v) is 12.0. The van der Waals surface area contributed by atoms with E-state index in [0.717, 1.165) is 12.8 Å². The molecule has 0 spiro atoms. The molecule has 2 rings (SSSR count). The molecule has 1 unspecified atom stereocenters. The Labute approximate surface area is 110 Å². The van der Waals surface area contributed by atoms with E-state index in [2.05, 4.69) is 59.5 Å². The number of carbonyl (C=O) groups is 1. The lowest BCUT2D eigenvalue weighted by Gasteiger charge is -2.25. The Kier molecular flexibility index (Phi) is 2.99. The summed E-state index contributed by atoms with van der Waals surface area (Å²) in [7, 11) is 0. The summed E-state index contributed by atoms with van der Waals surface area (Å²) in [6.45, 7) is 7.34. The topological polar surface area (TPSA) is 20.3 Å². The van der Waals surface area contributed by atoms with E-state index in [-0.39, 0.29) is 11.5 Å². The maximum Gasteiger partial charge on any atom is 0.142 e. The number of aldehydes is 1. The average molecular weight is 329 g/mol. The zero-order chi connectivity index (χ0) is 11.9. The number of hydrogen-bond acceptors (Lipinski definition) is 2. The number of hydrogen-bond donors (Lipinski definition) is 0. The molecule has 1 aliphatic heterocycles. The highest BCUT2D eigenvalue weighted by atomic mass is 127. The van der Waals surface area contributed by atoms with Gasteiger partial charge in [0.05, 0.1) is 6.04 Å². The molecular weight excluding hydrogens is 313 g/mol. The SMILES string of the molecule is CC(C=O)N1CC(C)(C)c2ccc(I)cc21. The van der Waals surface area contributed by atoms with E-state index in [1.54, 1.807) is 0 Å². The summed E-state index contributed by atoms with van der Waals surface area (Å²) in [5.74, 6) is 0. The third-order valence-corrected chi connectivity index (χ3v) is 3.92. The molecule has 3 heteroatoms. The van der Waals surface area contributed by atoms with E-state index >= 15 is 0 Å².